The second-order valence-corrected chi connectivity index (χ2v) is 8.24. The highest BCUT2D eigenvalue weighted by molar-refractivity contribution is 7.89. The van der Waals surface area contributed by atoms with Crippen molar-refractivity contribution in [3.05, 3.63) is 90.0 Å². The number of carbonyl (C=O) groups excluding carboxylic acids is 1. The Morgan fingerprint density at radius 3 is 2.21 bits per heavy atom. The number of carbonyl (C=O) groups is 1. The van der Waals surface area contributed by atoms with E-state index in [2.05, 4.69) is 4.72 Å². The van der Waals surface area contributed by atoms with E-state index in [1.165, 1.54) is 24.3 Å². The minimum atomic E-state index is -4.05. The van der Waals surface area contributed by atoms with E-state index in [-0.39, 0.29) is 11.3 Å². The highest BCUT2D eigenvalue weighted by atomic mass is 32.2. The van der Waals surface area contributed by atoms with Crippen LogP contribution in [0.25, 0.3) is 0 Å². The molecule has 150 valence electrons. The molecule has 3 rings (SSSR count). The van der Waals surface area contributed by atoms with Crippen molar-refractivity contribution in [2.75, 3.05) is 0 Å². The lowest BCUT2D eigenvalue weighted by Gasteiger charge is -2.20. The van der Waals surface area contributed by atoms with Crippen molar-refractivity contribution in [2.45, 2.75) is 24.3 Å². The van der Waals surface area contributed by atoms with E-state index in [1.54, 1.807) is 30.3 Å². The van der Waals surface area contributed by atoms with Gasteiger partial charge < -0.3 is 14.6 Å². The lowest BCUT2D eigenvalue weighted by Crippen LogP contribution is -2.49. The van der Waals surface area contributed by atoms with Gasteiger partial charge in [0.15, 0.2) is 0 Å². The second-order valence-electron chi connectivity index (χ2n) is 6.52. The van der Waals surface area contributed by atoms with Crippen molar-refractivity contribution in [3.8, 4) is 11.5 Å². The number of rotatable bonds is 8. The number of ether oxygens (including phenoxy) is 1. The molecule has 1 unspecified atom stereocenters. The minimum Gasteiger partial charge on any atom is -0.548 e. The van der Waals surface area contributed by atoms with Crippen molar-refractivity contribution in [2.24, 2.45) is 0 Å². The fourth-order valence-corrected chi connectivity index (χ4v) is 3.95. The van der Waals surface area contributed by atoms with Crippen LogP contribution in [0, 0.1) is 6.92 Å². The number of hydrogen-bond donors (Lipinski definition) is 1. The third kappa shape index (κ3) is 5.43. The summed E-state index contributed by atoms with van der Waals surface area (Å²) < 4.78 is 33.2. The van der Waals surface area contributed by atoms with Crippen LogP contribution in [-0.2, 0) is 21.2 Å². The molecule has 1 atom stereocenters. The molecule has 0 aromatic heterocycles. The van der Waals surface area contributed by atoms with Gasteiger partial charge in [0, 0.05) is 0 Å². The maximum absolute atomic E-state index is 12.6. The van der Waals surface area contributed by atoms with E-state index < -0.39 is 22.0 Å². The summed E-state index contributed by atoms with van der Waals surface area (Å²) in [6, 6.07) is 20.6. The summed E-state index contributed by atoms with van der Waals surface area (Å²) in [4.78, 5) is 11.4. The van der Waals surface area contributed by atoms with Gasteiger partial charge in [-0.1, -0.05) is 48.5 Å². The number of hydrogen-bond acceptors (Lipinski definition) is 5. The Kier molecular flexibility index (Phi) is 6.31. The molecular weight excluding hydrogens is 390 g/mol. The van der Waals surface area contributed by atoms with Crippen molar-refractivity contribution in [1.82, 2.24) is 4.72 Å². The molecule has 0 aliphatic heterocycles. The smallest absolute Gasteiger partial charge is 0.241 e. The Labute approximate surface area is 169 Å². The van der Waals surface area contributed by atoms with Crippen LogP contribution in [0.4, 0.5) is 0 Å². The average Bonchev–Trinajstić information content (AvgIpc) is 2.70. The summed E-state index contributed by atoms with van der Waals surface area (Å²) in [7, 11) is -4.05. The van der Waals surface area contributed by atoms with Crippen LogP contribution in [0.1, 0.15) is 11.1 Å². The molecule has 0 fully saturated rings. The highest BCUT2D eigenvalue weighted by Crippen LogP contribution is 2.25. The lowest BCUT2D eigenvalue weighted by atomic mass is 10.1. The number of carboxylic acid groups (broad SMARTS) is 1. The van der Waals surface area contributed by atoms with Crippen molar-refractivity contribution < 1.29 is 23.1 Å². The molecule has 0 saturated carbocycles. The van der Waals surface area contributed by atoms with E-state index in [4.69, 9.17) is 4.74 Å². The molecule has 3 aromatic rings. The third-order valence-corrected chi connectivity index (χ3v) is 5.81. The zero-order valence-corrected chi connectivity index (χ0v) is 16.6. The van der Waals surface area contributed by atoms with Crippen molar-refractivity contribution in [1.29, 1.82) is 0 Å². The van der Waals surface area contributed by atoms with E-state index >= 15 is 0 Å². The molecule has 0 bridgehead atoms. The molecule has 0 heterocycles. The monoisotopic (exact) mass is 410 g/mol. The molecular formula is C22H20NO5S-. The van der Waals surface area contributed by atoms with E-state index in [0.29, 0.717) is 17.1 Å². The Bertz CT molecular complexity index is 1080. The highest BCUT2D eigenvalue weighted by Gasteiger charge is 2.21. The summed E-state index contributed by atoms with van der Waals surface area (Å²) >= 11 is 0. The van der Waals surface area contributed by atoms with Crippen LogP contribution in [0.2, 0.25) is 0 Å². The topological polar surface area (TPSA) is 95.5 Å². The fraction of sp³-hybridized carbons (Fsp3) is 0.136. The Balaban J connectivity index is 1.74. The first-order valence-electron chi connectivity index (χ1n) is 8.96. The zero-order chi connectivity index (χ0) is 20.9. The van der Waals surface area contributed by atoms with Gasteiger partial charge in [0.2, 0.25) is 10.0 Å². The summed E-state index contributed by atoms with van der Waals surface area (Å²) in [5.41, 5.74) is 1.63. The Hall–Kier alpha value is -3.16. The second kappa shape index (κ2) is 8.89. The summed E-state index contributed by atoms with van der Waals surface area (Å²) in [5.74, 6) is -0.350. The minimum absolute atomic E-state index is 0.0170. The fourth-order valence-electron chi connectivity index (χ4n) is 2.76. The van der Waals surface area contributed by atoms with Crippen LogP contribution >= 0.6 is 0 Å². The Morgan fingerprint density at radius 2 is 1.59 bits per heavy atom. The van der Waals surface area contributed by atoms with Gasteiger partial charge in [0.1, 0.15) is 11.5 Å². The number of benzene rings is 3. The maximum Gasteiger partial charge on any atom is 0.241 e. The number of aryl methyl sites for hydroxylation is 1. The van der Waals surface area contributed by atoms with E-state index in [1.807, 2.05) is 31.2 Å². The maximum atomic E-state index is 12.6. The molecule has 3 aromatic carbocycles. The first-order chi connectivity index (χ1) is 13.8. The number of sulfonamides is 1. The molecule has 0 radical (unpaired) electrons. The van der Waals surface area contributed by atoms with Gasteiger partial charge in [0.05, 0.1) is 16.9 Å². The molecule has 1 N–H and O–H groups in total. The summed E-state index contributed by atoms with van der Waals surface area (Å²) in [5, 5.41) is 11.4. The standard InChI is InChI=1S/C22H21NO5S/c1-16-7-5-6-10-21(16)28-18-11-13-19(14-12-18)29(26,27)23-20(22(24)25)15-17-8-3-2-4-9-17/h2-14,20,23H,15H2,1H3,(H,24,25)/p-1. The average molecular weight is 410 g/mol. The molecule has 0 spiro atoms. The van der Waals surface area contributed by atoms with Crippen LogP contribution < -0.4 is 14.6 Å². The van der Waals surface area contributed by atoms with Crippen LogP contribution in [0.3, 0.4) is 0 Å². The predicted molar refractivity (Wildman–Crippen MR) is 107 cm³/mol. The molecule has 7 heteroatoms. The van der Waals surface area contributed by atoms with Gasteiger partial charge in [-0.05, 0) is 54.8 Å². The largest absolute Gasteiger partial charge is 0.548 e. The van der Waals surface area contributed by atoms with Crippen molar-refractivity contribution >= 4 is 16.0 Å². The third-order valence-electron chi connectivity index (χ3n) is 4.32. The first-order valence-corrected chi connectivity index (χ1v) is 10.4. The lowest BCUT2D eigenvalue weighted by molar-refractivity contribution is -0.307. The van der Waals surface area contributed by atoms with E-state index in [9.17, 15) is 18.3 Å². The van der Waals surface area contributed by atoms with E-state index in [0.717, 1.165) is 5.56 Å². The first kappa shape index (κ1) is 20.6. The summed E-state index contributed by atoms with van der Waals surface area (Å²) in [6.45, 7) is 1.91. The molecule has 0 aliphatic rings. The number of para-hydroxylation sites is 1. The molecule has 0 aliphatic carbocycles. The van der Waals surface area contributed by atoms with Crippen LogP contribution in [0.5, 0.6) is 11.5 Å². The van der Waals surface area contributed by atoms with Gasteiger partial charge >= 0.3 is 0 Å². The predicted octanol–water partition coefficient (Wildman–Crippen LogP) is 2.43. The number of carboxylic acids is 1. The van der Waals surface area contributed by atoms with Crippen molar-refractivity contribution in [3.63, 3.8) is 0 Å². The number of aliphatic carboxylic acids is 1. The normalized spacial score (nSPS) is 12.3. The van der Waals surface area contributed by atoms with Gasteiger partial charge in [-0.2, -0.15) is 0 Å². The van der Waals surface area contributed by atoms with Crippen LogP contribution in [-0.4, -0.2) is 20.4 Å². The van der Waals surface area contributed by atoms with Gasteiger partial charge in [-0.15, -0.1) is 0 Å². The molecule has 0 saturated heterocycles. The number of nitrogens with one attached hydrogen (secondary N) is 1. The quantitative estimate of drug-likeness (QED) is 0.615. The Morgan fingerprint density at radius 1 is 0.966 bits per heavy atom. The van der Waals surface area contributed by atoms with Crippen LogP contribution in [0.15, 0.2) is 83.8 Å². The molecule has 29 heavy (non-hydrogen) atoms. The van der Waals surface area contributed by atoms with Gasteiger partial charge in [-0.25, -0.2) is 13.1 Å². The molecule has 6 nitrogen and oxygen atoms in total. The molecule has 0 amide bonds. The van der Waals surface area contributed by atoms with Gasteiger partial charge in [0.25, 0.3) is 0 Å². The zero-order valence-electron chi connectivity index (χ0n) is 15.7. The summed E-state index contributed by atoms with van der Waals surface area (Å²) in [6.07, 6.45) is -0.0170. The SMILES string of the molecule is Cc1ccccc1Oc1ccc(S(=O)(=O)NC(Cc2ccccc2)C(=O)[O-])cc1. The van der Waals surface area contributed by atoms with Gasteiger partial charge in [-0.3, -0.25) is 0 Å².